The Morgan fingerprint density at radius 2 is 1.83 bits per heavy atom. The molecule has 0 saturated carbocycles. The van der Waals surface area contributed by atoms with Gasteiger partial charge in [-0.1, -0.05) is 19.9 Å². The van der Waals surface area contributed by atoms with Crippen molar-refractivity contribution in [3.63, 3.8) is 0 Å². The number of ketones is 1. The predicted molar refractivity (Wildman–Crippen MR) is 111 cm³/mol. The highest BCUT2D eigenvalue weighted by atomic mass is 19.1. The maximum Gasteiger partial charge on any atom is 0.225 e. The van der Waals surface area contributed by atoms with Crippen molar-refractivity contribution in [3.8, 4) is 0 Å². The second kappa shape index (κ2) is 8.01. The summed E-state index contributed by atoms with van der Waals surface area (Å²) >= 11 is 0. The van der Waals surface area contributed by atoms with Crippen LogP contribution >= 0.6 is 0 Å². The van der Waals surface area contributed by atoms with Crippen LogP contribution < -0.4 is 0 Å². The van der Waals surface area contributed by atoms with Crippen molar-refractivity contribution in [1.82, 2.24) is 9.88 Å². The third-order valence-electron chi connectivity index (χ3n) is 5.70. The van der Waals surface area contributed by atoms with Gasteiger partial charge in [0.1, 0.15) is 11.6 Å². The molecule has 1 aromatic heterocycles. The number of hydrogen-bond donors (Lipinski definition) is 1. The number of Topliss-reactive ketones (excluding diaryl/α,β-unsaturated/α-hetero) is 1. The summed E-state index contributed by atoms with van der Waals surface area (Å²) in [5, 5.41) is 0.912. The van der Waals surface area contributed by atoms with Crippen molar-refractivity contribution in [2.75, 3.05) is 13.1 Å². The number of fused-ring (bicyclic) bond motifs is 1. The first kappa shape index (κ1) is 20.3. The molecule has 4 nitrogen and oxygen atoms in total. The summed E-state index contributed by atoms with van der Waals surface area (Å²) in [6.07, 6.45) is 0.842. The molecule has 1 unspecified atom stereocenters. The second-order valence-electron chi connectivity index (χ2n) is 8.33. The van der Waals surface area contributed by atoms with Crippen molar-refractivity contribution in [3.05, 3.63) is 70.9 Å². The molecule has 30 heavy (non-hydrogen) atoms. The summed E-state index contributed by atoms with van der Waals surface area (Å²) in [4.78, 5) is 29.9. The zero-order valence-corrected chi connectivity index (χ0v) is 17.0. The Balaban J connectivity index is 1.51. The van der Waals surface area contributed by atoms with Gasteiger partial charge in [0.2, 0.25) is 5.91 Å². The maximum absolute atomic E-state index is 13.4. The second-order valence-corrected chi connectivity index (χ2v) is 8.33. The molecule has 0 radical (unpaired) electrons. The number of likely N-dealkylation sites (tertiary alicyclic amines) is 1. The van der Waals surface area contributed by atoms with Crippen LogP contribution in [0.1, 0.15) is 47.8 Å². The first-order valence-electron chi connectivity index (χ1n) is 10.2. The van der Waals surface area contributed by atoms with E-state index in [0.717, 1.165) is 35.5 Å². The molecule has 2 aromatic carbocycles. The number of nitrogens with one attached hydrogen (secondary N) is 1. The largest absolute Gasteiger partial charge is 0.352 e. The lowest BCUT2D eigenvalue weighted by molar-refractivity contribution is -0.133. The molecule has 0 bridgehead atoms. The van der Waals surface area contributed by atoms with Crippen molar-refractivity contribution in [2.45, 2.75) is 32.6 Å². The van der Waals surface area contributed by atoms with Crippen LogP contribution in [0.4, 0.5) is 8.78 Å². The number of carbonyl (C=O) groups excluding carboxylic acids is 2. The first-order valence-corrected chi connectivity index (χ1v) is 10.2. The molecule has 1 N–H and O–H groups in total. The Kier molecular flexibility index (Phi) is 5.41. The number of aromatic amines is 1. The number of nitrogens with zero attached hydrogens (tertiary/aromatic N) is 1. The molecule has 4 rings (SSSR count). The number of benzene rings is 2. The number of carbonyl (C=O) groups is 2. The summed E-state index contributed by atoms with van der Waals surface area (Å²) in [5.41, 5.74) is 2.69. The molecule has 1 amide bonds. The van der Waals surface area contributed by atoms with Gasteiger partial charge in [0.25, 0.3) is 0 Å². The lowest BCUT2D eigenvalue weighted by Gasteiger charge is -2.18. The molecule has 1 atom stereocenters. The first-order chi connectivity index (χ1) is 14.3. The monoisotopic (exact) mass is 410 g/mol. The van der Waals surface area contributed by atoms with E-state index in [1.807, 2.05) is 30.9 Å². The van der Waals surface area contributed by atoms with E-state index in [1.54, 1.807) is 6.07 Å². The highest BCUT2D eigenvalue weighted by Gasteiger charge is 2.28. The Labute approximate surface area is 173 Å². The summed E-state index contributed by atoms with van der Waals surface area (Å²) in [5.74, 6) is -1.16. The molecule has 0 aliphatic carbocycles. The molecular weight excluding hydrogens is 386 g/mol. The van der Waals surface area contributed by atoms with Gasteiger partial charge in [-0.3, -0.25) is 9.59 Å². The predicted octanol–water partition coefficient (Wildman–Crippen LogP) is 4.84. The minimum Gasteiger partial charge on any atom is -0.352 e. The molecular formula is C24H24F2N2O2. The molecule has 1 aliphatic heterocycles. The number of rotatable bonds is 5. The molecule has 156 valence electrons. The molecule has 1 fully saturated rings. The molecule has 1 saturated heterocycles. The SMILES string of the molecule is CC(C)C(=O)N1CCC(c2ccc3[nH]c(C(=O)Cc4cc(F)cc(F)c4)cc3c2)C1. The normalized spacial score (nSPS) is 16.6. The van der Waals surface area contributed by atoms with Crippen LogP contribution in [-0.2, 0) is 11.2 Å². The highest BCUT2D eigenvalue weighted by molar-refractivity contribution is 6.00. The molecule has 2 heterocycles. The standard InChI is InChI=1S/C24H24F2N2O2/c1-14(2)24(30)28-6-5-17(13-28)16-3-4-21-18(10-16)11-22(27-21)23(29)9-15-7-19(25)12-20(26)8-15/h3-4,7-8,10-12,14,17,27H,5-6,9,13H2,1-2H3. The van der Waals surface area contributed by atoms with Crippen LogP contribution in [0.3, 0.4) is 0 Å². The number of halogens is 2. The van der Waals surface area contributed by atoms with Crippen LogP contribution in [0.2, 0.25) is 0 Å². The van der Waals surface area contributed by atoms with Gasteiger partial charge in [-0.2, -0.15) is 0 Å². The Hall–Kier alpha value is -3.02. The van der Waals surface area contributed by atoms with Crippen molar-refractivity contribution in [1.29, 1.82) is 0 Å². The van der Waals surface area contributed by atoms with Gasteiger partial charge < -0.3 is 9.88 Å². The van der Waals surface area contributed by atoms with Crippen LogP contribution in [0.15, 0.2) is 42.5 Å². The van der Waals surface area contributed by atoms with E-state index in [-0.39, 0.29) is 29.9 Å². The van der Waals surface area contributed by atoms with Gasteiger partial charge in [0.15, 0.2) is 5.78 Å². The van der Waals surface area contributed by atoms with Crippen LogP contribution in [0.25, 0.3) is 10.9 Å². The van der Waals surface area contributed by atoms with Gasteiger partial charge in [0.05, 0.1) is 5.69 Å². The van der Waals surface area contributed by atoms with E-state index < -0.39 is 11.6 Å². The summed E-state index contributed by atoms with van der Waals surface area (Å²) in [6.45, 7) is 5.31. The Morgan fingerprint density at radius 1 is 1.10 bits per heavy atom. The van der Waals surface area contributed by atoms with Crippen molar-refractivity contribution in [2.24, 2.45) is 5.92 Å². The molecule has 1 aliphatic rings. The van der Waals surface area contributed by atoms with E-state index in [4.69, 9.17) is 0 Å². The quantitative estimate of drug-likeness (QED) is 0.612. The zero-order valence-electron chi connectivity index (χ0n) is 17.0. The van der Waals surface area contributed by atoms with Gasteiger partial charge >= 0.3 is 0 Å². The van der Waals surface area contributed by atoms with Crippen LogP contribution in [0, 0.1) is 17.6 Å². The lowest BCUT2D eigenvalue weighted by atomic mass is 9.97. The van der Waals surface area contributed by atoms with E-state index in [0.29, 0.717) is 17.8 Å². The topological polar surface area (TPSA) is 53.2 Å². The summed E-state index contributed by atoms with van der Waals surface area (Å²) < 4.78 is 26.8. The lowest BCUT2D eigenvalue weighted by Crippen LogP contribution is -2.31. The fourth-order valence-electron chi connectivity index (χ4n) is 4.15. The van der Waals surface area contributed by atoms with Crippen LogP contribution in [0.5, 0.6) is 0 Å². The number of aromatic nitrogens is 1. The van der Waals surface area contributed by atoms with Gasteiger partial charge in [-0.05, 0) is 47.9 Å². The fourth-order valence-corrected chi connectivity index (χ4v) is 4.15. The number of amides is 1. The summed E-state index contributed by atoms with van der Waals surface area (Å²) in [6, 6.07) is 10.9. The highest BCUT2D eigenvalue weighted by Crippen LogP contribution is 2.30. The Bertz CT molecular complexity index is 1100. The van der Waals surface area contributed by atoms with Gasteiger partial charge in [-0.15, -0.1) is 0 Å². The third kappa shape index (κ3) is 4.13. The molecule has 6 heteroatoms. The average molecular weight is 410 g/mol. The average Bonchev–Trinajstić information content (AvgIpc) is 3.33. The van der Waals surface area contributed by atoms with E-state index >= 15 is 0 Å². The van der Waals surface area contributed by atoms with Crippen molar-refractivity contribution < 1.29 is 18.4 Å². The number of H-pyrrole nitrogens is 1. The van der Waals surface area contributed by atoms with Gasteiger partial charge in [-0.25, -0.2) is 8.78 Å². The Morgan fingerprint density at radius 3 is 2.53 bits per heavy atom. The minimum atomic E-state index is -0.694. The van der Waals surface area contributed by atoms with E-state index in [9.17, 15) is 18.4 Å². The zero-order chi connectivity index (χ0) is 21.4. The molecule has 0 spiro atoms. The van der Waals surface area contributed by atoms with E-state index in [1.165, 1.54) is 12.1 Å². The van der Waals surface area contributed by atoms with Crippen molar-refractivity contribution >= 4 is 22.6 Å². The van der Waals surface area contributed by atoms with Gasteiger partial charge in [0, 0.05) is 48.3 Å². The third-order valence-corrected chi connectivity index (χ3v) is 5.70. The fraction of sp³-hybridized carbons (Fsp3) is 0.333. The van der Waals surface area contributed by atoms with Crippen LogP contribution in [-0.4, -0.2) is 34.7 Å². The number of hydrogen-bond acceptors (Lipinski definition) is 2. The maximum atomic E-state index is 13.4. The summed E-state index contributed by atoms with van der Waals surface area (Å²) in [7, 11) is 0. The minimum absolute atomic E-state index is 0.00367. The van der Waals surface area contributed by atoms with E-state index in [2.05, 4.69) is 11.1 Å². The molecule has 3 aromatic rings. The smallest absolute Gasteiger partial charge is 0.225 e.